The SMILES string of the molecule is C/C=C/C[C@@H](C)[C@@H](O)[C@H]1C(=O)N[C@@H]([C@@H](C)O)C(=O)N(C)CC(=O)N(C)[C@@H](CC(C)C)C(=O)N[C@@H](CC(C)C)C(=O)N(C)[C@@H](CC(C)C)C(=O)N[C@@H](C)C(=O)N[C@H](C)C(=O)N[C@@H](C[C@H](C)COCC(=O)N2CCOCC2)C(=O)N[C@@H](CC(C)C)C(=O)N(C)[C@@H](C(C)C)C(=O)N1C. The fraction of sp³-hybridized carbons (Fsp3) is 0.791. The van der Waals surface area contributed by atoms with Gasteiger partial charge in [-0.1, -0.05) is 95.2 Å². The van der Waals surface area contributed by atoms with E-state index >= 15 is 9.59 Å². The van der Waals surface area contributed by atoms with Crippen molar-refractivity contribution in [1.29, 1.82) is 0 Å². The number of amides is 12. The first-order chi connectivity index (χ1) is 44.2. The Bertz CT molecular complexity index is 2610. The number of nitrogens with one attached hydrogen (secondary N) is 6. The van der Waals surface area contributed by atoms with E-state index in [2.05, 4.69) is 31.9 Å². The summed E-state index contributed by atoms with van der Waals surface area (Å²) in [4.78, 5) is 181. The van der Waals surface area contributed by atoms with Gasteiger partial charge in [-0.3, -0.25) is 57.5 Å². The van der Waals surface area contributed by atoms with Gasteiger partial charge in [0.1, 0.15) is 67.0 Å². The average Bonchev–Trinajstić information content (AvgIpc) is 0.814. The number of ether oxygens (including phenoxy) is 2. The van der Waals surface area contributed by atoms with E-state index in [9.17, 15) is 58.2 Å². The first-order valence-corrected chi connectivity index (χ1v) is 33.7. The molecule has 0 aromatic carbocycles. The number of likely N-dealkylation sites (N-methyl/N-ethyl adjacent to an activating group) is 5. The Morgan fingerprint density at radius 1 is 0.537 bits per heavy atom. The number of carbonyl (C=O) groups excluding carboxylic acids is 12. The normalized spacial score (nSPS) is 26.7. The molecule has 0 unspecified atom stereocenters. The minimum Gasteiger partial charge on any atom is -0.391 e. The lowest BCUT2D eigenvalue weighted by molar-refractivity contribution is -0.155. The van der Waals surface area contributed by atoms with Gasteiger partial charge in [0.05, 0.1) is 32.0 Å². The van der Waals surface area contributed by atoms with Crippen molar-refractivity contribution in [3.05, 3.63) is 12.2 Å². The van der Waals surface area contributed by atoms with Crippen molar-refractivity contribution >= 4 is 70.9 Å². The largest absolute Gasteiger partial charge is 0.391 e. The van der Waals surface area contributed by atoms with Gasteiger partial charge in [0.25, 0.3) is 0 Å². The number of hydrogen-bond donors (Lipinski definition) is 8. The summed E-state index contributed by atoms with van der Waals surface area (Å²) < 4.78 is 11.2. The topological polar surface area (TPSA) is 355 Å². The Balaban J connectivity index is 2.96. The maximum absolute atomic E-state index is 15.2. The van der Waals surface area contributed by atoms with Crippen LogP contribution < -0.4 is 31.9 Å². The highest BCUT2D eigenvalue weighted by Gasteiger charge is 2.45. The molecule has 0 aromatic rings. The van der Waals surface area contributed by atoms with Crippen LogP contribution in [0.4, 0.5) is 0 Å². The van der Waals surface area contributed by atoms with Crippen LogP contribution in [0.15, 0.2) is 12.2 Å². The lowest BCUT2D eigenvalue weighted by Crippen LogP contribution is -2.64. The van der Waals surface area contributed by atoms with Crippen LogP contribution in [-0.4, -0.2) is 264 Å². The van der Waals surface area contributed by atoms with Crippen molar-refractivity contribution in [3.8, 4) is 0 Å². The number of rotatable bonds is 20. The summed E-state index contributed by atoms with van der Waals surface area (Å²) in [6.45, 7) is 27.6. The predicted octanol–water partition coefficient (Wildman–Crippen LogP) is 0.801. The molecule has 2 saturated heterocycles. The molecule has 2 aliphatic heterocycles. The number of carbonyl (C=O) groups is 12. The predicted molar refractivity (Wildman–Crippen MR) is 358 cm³/mol. The minimum atomic E-state index is -1.77. The number of allylic oxidation sites excluding steroid dienone is 2. The molecule has 0 spiro atoms. The standard InChI is InChI=1S/C67H118N12O16/c1-22-23-24-43(13)57(83)56-63(89)73-54(46(16)80)66(92)74(17)34-52(81)75(18)50(31-39(6)7)62(88)72-48(29-37(2)3)64(90)76(19)51(32-40(8)9)61(87)69-44(14)58(84)68-45(15)59(85)70-47(33-42(12)35-95-36-53(82)79-25-27-94-28-26-79)60(86)71-49(30-38(4)5)65(91)77(20)55(41(10)11)67(93)78(56)21/h22-23,37-51,54-57,80,83H,24-36H2,1-21H3,(H,68,84)(H,69,87)(H,70,85)(H,71,86)(H,72,88)(H,73,89)/b23-22+/t42-,43+,44-,45+,46+,47-,48-,49-,50-,51-,54-,55-,56-,57+/m0/s1. The Hall–Kier alpha value is -6.78. The molecule has 2 fully saturated rings. The van der Waals surface area contributed by atoms with Crippen LogP contribution in [0.1, 0.15) is 149 Å². The molecule has 28 heteroatoms. The van der Waals surface area contributed by atoms with E-state index in [1.54, 1.807) is 51.7 Å². The fourth-order valence-corrected chi connectivity index (χ4v) is 11.5. The van der Waals surface area contributed by atoms with Gasteiger partial charge in [0, 0.05) is 54.9 Å². The smallest absolute Gasteiger partial charge is 0.248 e. The van der Waals surface area contributed by atoms with Crippen LogP contribution in [-0.2, 0) is 67.0 Å². The quantitative estimate of drug-likeness (QED) is 0.0782. The van der Waals surface area contributed by atoms with Crippen LogP contribution in [0, 0.1) is 41.4 Å². The van der Waals surface area contributed by atoms with Crippen molar-refractivity contribution < 1.29 is 77.2 Å². The maximum atomic E-state index is 15.2. The molecule has 14 atom stereocenters. The Morgan fingerprint density at radius 3 is 1.48 bits per heavy atom. The summed E-state index contributed by atoms with van der Waals surface area (Å²) >= 11 is 0. The summed E-state index contributed by atoms with van der Waals surface area (Å²) in [7, 11) is 6.65. The van der Waals surface area contributed by atoms with Crippen molar-refractivity contribution in [1.82, 2.24) is 61.3 Å². The minimum absolute atomic E-state index is 0.0220. The van der Waals surface area contributed by atoms with E-state index in [1.165, 1.54) is 60.9 Å². The highest BCUT2D eigenvalue weighted by molar-refractivity contribution is 5.99. The van der Waals surface area contributed by atoms with Gasteiger partial charge in [-0.05, 0) is 108 Å². The van der Waals surface area contributed by atoms with Crippen LogP contribution >= 0.6 is 0 Å². The van der Waals surface area contributed by atoms with E-state index in [4.69, 9.17) is 9.47 Å². The second-order valence-corrected chi connectivity index (χ2v) is 28.2. The summed E-state index contributed by atoms with van der Waals surface area (Å²) in [5, 5.41) is 39.6. The van der Waals surface area contributed by atoms with E-state index < -0.39 is 162 Å². The maximum Gasteiger partial charge on any atom is 0.248 e. The van der Waals surface area contributed by atoms with Crippen LogP contribution in [0.2, 0.25) is 0 Å². The van der Waals surface area contributed by atoms with Gasteiger partial charge in [0.15, 0.2) is 0 Å². The summed E-state index contributed by atoms with van der Waals surface area (Å²) in [5.74, 6) is -11.8. The average molecular weight is 1350 g/mol. The van der Waals surface area contributed by atoms with Gasteiger partial charge in [0.2, 0.25) is 70.9 Å². The molecule has 8 N–H and O–H groups in total. The molecule has 0 aromatic heterocycles. The number of aliphatic hydroxyl groups is 2. The van der Waals surface area contributed by atoms with Crippen molar-refractivity contribution in [2.75, 3.05) is 81.3 Å². The van der Waals surface area contributed by atoms with Gasteiger partial charge < -0.3 is 81.0 Å². The summed E-state index contributed by atoms with van der Waals surface area (Å²) in [6.07, 6.45) is 0.707. The second kappa shape index (κ2) is 40.1. The van der Waals surface area contributed by atoms with Gasteiger partial charge >= 0.3 is 0 Å². The second-order valence-electron chi connectivity index (χ2n) is 28.2. The molecule has 2 rings (SSSR count). The highest BCUT2D eigenvalue weighted by atomic mass is 16.5. The third kappa shape index (κ3) is 26.3. The van der Waals surface area contributed by atoms with Gasteiger partial charge in [-0.2, -0.15) is 0 Å². The van der Waals surface area contributed by atoms with Gasteiger partial charge in [-0.25, -0.2) is 0 Å². The molecule has 2 heterocycles. The third-order valence-corrected chi connectivity index (χ3v) is 17.2. The molecule has 2 aliphatic rings. The molecular formula is C67H118N12O16. The van der Waals surface area contributed by atoms with Crippen molar-refractivity contribution in [2.24, 2.45) is 41.4 Å². The van der Waals surface area contributed by atoms with Crippen molar-refractivity contribution in [3.63, 3.8) is 0 Å². The zero-order valence-corrected chi connectivity index (χ0v) is 60.6. The van der Waals surface area contributed by atoms with Crippen molar-refractivity contribution in [2.45, 2.75) is 222 Å². The Kier molecular flexibility index (Phi) is 35.6. The Labute approximate surface area is 564 Å². The van der Waals surface area contributed by atoms with E-state index in [0.717, 1.165) is 19.6 Å². The van der Waals surface area contributed by atoms with Crippen LogP contribution in [0.25, 0.3) is 0 Å². The molecule has 0 saturated carbocycles. The number of hydrogen-bond acceptors (Lipinski definition) is 16. The number of nitrogens with zero attached hydrogens (tertiary/aromatic N) is 6. The molecule has 0 radical (unpaired) electrons. The summed E-state index contributed by atoms with van der Waals surface area (Å²) in [5.41, 5.74) is 0. The van der Waals surface area contributed by atoms with E-state index in [1.807, 2.05) is 55.4 Å². The third-order valence-electron chi connectivity index (χ3n) is 17.2. The van der Waals surface area contributed by atoms with Crippen LogP contribution in [0.5, 0.6) is 0 Å². The van der Waals surface area contributed by atoms with E-state index in [0.29, 0.717) is 26.3 Å². The lowest BCUT2D eigenvalue weighted by atomic mass is 9.91. The molecule has 0 aliphatic carbocycles. The zero-order chi connectivity index (χ0) is 72.6. The molecule has 0 bridgehead atoms. The van der Waals surface area contributed by atoms with Gasteiger partial charge in [-0.15, -0.1) is 0 Å². The first kappa shape index (κ1) is 84.3. The first-order valence-electron chi connectivity index (χ1n) is 33.7. The Morgan fingerprint density at radius 2 is 0.989 bits per heavy atom. The van der Waals surface area contributed by atoms with E-state index in [-0.39, 0.29) is 81.3 Å². The molecule has 12 amide bonds. The van der Waals surface area contributed by atoms with Crippen LogP contribution in [0.3, 0.4) is 0 Å². The molecule has 542 valence electrons. The molecule has 28 nitrogen and oxygen atoms in total. The lowest BCUT2D eigenvalue weighted by Gasteiger charge is -2.40. The zero-order valence-electron chi connectivity index (χ0n) is 60.6. The fourth-order valence-electron chi connectivity index (χ4n) is 11.5. The number of aliphatic hydroxyl groups excluding tert-OH is 2. The summed E-state index contributed by atoms with van der Waals surface area (Å²) in [6, 6.07) is -13.9. The highest BCUT2D eigenvalue weighted by Crippen LogP contribution is 2.24. The molecular weight excluding hydrogens is 1230 g/mol. The molecule has 95 heavy (non-hydrogen) atoms. The monoisotopic (exact) mass is 1350 g/mol. The number of morpholine rings is 1.